The normalized spacial score (nSPS) is 15.1. The van der Waals surface area contributed by atoms with Gasteiger partial charge in [0.15, 0.2) is 11.5 Å². The van der Waals surface area contributed by atoms with Crippen molar-refractivity contribution >= 4 is 11.3 Å². The van der Waals surface area contributed by atoms with Gasteiger partial charge >= 0.3 is 0 Å². The van der Waals surface area contributed by atoms with Crippen molar-refractivity contribution in [3.63, 3.8) is 0 Å². The molecule has 0 fully saturated rings. The fraction of sp³-hybridized carbons (Fsp3) is 0.167. The molecule has 16 heavy (non-hydrogen) atoms. The molecule has 0 unspecified atom stereocenters. The molecule has 1 aliphatic rings. The second-order valence-electron chi connectivity index (χ2n) is 3.57. The molecule has 2 aromatic rings. The number of rotatable bonds is 2. The van der Waals surface area contributed by atoms with Crippen LogP contribution in [-0.2, 0) is 0 Å². The van der Waals surface area contributed by atoms with Gasteiger partial charge in [-0.1, -0.05) is 18.2 Å². The summed E-state index contributed by atoms with van der Waals surface area (Å²) in [7, 11) is 0. The summed E-state index contributed by atoms with van der Waals surface area (Å²) in [4.78, 5) is 1.13. The van der Waals surface area contributed by atoms with E-state index in [1.807, 2.05) is 35.7 Å². The third kappa shape index (κ3) is 1.47. The highest BCUT2D eigenvalue weighted by Crippen LogP contribution is 2.40. The van der Waals surface area contributed by atoms with E-state index < -0.39 is 0 Å². The fourth-order valence-corrected chi connectivity index (χ4v) is 2.56. The minimum atomic E-state index is -0.142. The van der Waals surface area contributed by atoms with Crippen molar-refractivity contribution in [3.8, 4) is 11.5 Å². The first kappa shape index (κ1) is 9.69. The molecule has 0 saturated heterocycles. The highest BCUT2D eigenvalue weighted by Gasteiger charge is 2.22. The fourth-order valence-electron chi connectivity index (χ4n) is 1.82. The largest absolute Gasteiger partial charge is 0.454 e. The second kappa shape index (κ2) is 3.81. The molecule has 0 bridgehead atoms. The number of fused-ring (bicyclic) bond motifs is 1. The first-order valence-electron chi connectivity index (χ1n) is 5.04. The molecule has 0 saturated carbocycles. The van der Waals surface area contributed by atoms with Crippen LogP contribution in [0.25, 0.3) is 0 Å². The van der Waals surface area contributed by atoms with Gasteiger partial charge in [-0.3, -0.25) is 0 Å². The molecule has 1 aliphatic heterocycles. The van der Waals surface area contributed by atoms with Crippen LogP contribution in [0, 0.1) is 0 Å². The molecule has 1 atom stereocenters. The zero-order valence-electron chi connectivity index (χ0n) is 8.55. The van der Waals surface area contributed by atoms with Crippen LogP contribution in [0.5, 0.6) is 11.5 Å². The maximum atomic E-state index is 6.21. The molecule has 0 radical (unpaired) electrons. The van der Waals surface area contributed by atoms with Crippen molar-refractivity contribution < 1.29 is 9.47 Å². The minimum absolute atomic E-state index is 0.142. The predicted octanol–water partition coefficient (Wildman–Crippen LogP) is 2.52. The molecule has 82 valence electrons. The summed E-state index contributed by atoms with van der Waals surface area (Å²) in [5, 5.41) is 2.02. The molecule has 2 heterocycles. The van der Waals surface area contributed by atoms with Gasteiger partial charge in [0.1, 0.15) is 0 Å². The van der Waals surface area contributed by atoms with Crippen molar-refractivity contribution in [1.82, 2.24) is 0 Å². The summed E-state index contributed by atoms with van der Waals surface area (Å²) in [6.07, 6.45) is 0. The van der Waals surface area contributed by atoms with Gasteiger partial charge in [0, 0.05) is 10.4 Å². The van der Waals surface area contributed by atoms with Crippen LogP contribution >= 0.6 is 11.3 Å². The zero-order valence-corrected chi connectivity index (χ0v) is 9.37. The lowest BCUT2D eigenvalue weighted by atomic mass is 10.0. The molecule has 0 aliphatic carbocycles. The van der Waals surface area contributed by atoms with Crippen molar-refractivity contribution in [3.05, 3.63) is 46.2 Å². The van der Waals surface area contributed by atoms with Crippen LogP contribution in [0.4, 0.5) is 0 Å². The Balaban J connectivity index is 2.04. The molecule has 3 nitrogen and oxygen atoms in total. The molecule has 1 aromatic carbocycles. The van der Waals surface area contributed by atoms with Gasteiger partial charge in [-0.15, -0.1) is 11.3 Å². The Hall–Kier alpha value is -1.52. The average Bonchev–Trinajstić information content (AvgIpc) is 2.98. The van der Waals surface area contributed by atoms with Gasteiger partial charge in [0.2, 0.25) is 6.79 Å². The van der Waals surface area contributed by atoms with Crippen LogP contribution < -0.4 is 15.2 Å². The van der Waals surface area contributed by atoms with Gasteiger partial charge in [-0.25, -0.2) is 0 Å². The Morgan fingerprint density at radius 2 is 2.12 bits per heavy atom. The third-order valence-electron chi connectivity index (χ3n) is 2.61. The van der Waals surface area contributed by atoms with E-state index in [-0.39, 0.29) is 12.8 Å². The highest BCUT2D eigenvalue weighted by atomic mass is 32.1. The summed E-state index contributed by atoms with van der Waals surface area (Å²) >= 11 is 1.65. The van der Waals surface area contributed by atoms with E-state index in [1.54, 1.807) is 11.3 Å². The molecular weight excluding hydrogens is 222 g/mol. The SMILES string of the molecule is N[C@@H](c1cccs1)c1cccc2c1OCO2. The van der Waals surface area contributed by atoms with Crippen molar-refractivity contribution in [2.75, 3.05) is 6.79 Å². The summed E-state index contributed by atoms with van der Waals surface area (Å²) in [6, 6.07) is 9.71. The zero-order chi connectivity index (χ0) is 11.0. The van der Waals surface area contributed by atoms with Gasteiger partial charge in [-0.2, -0.15) is 0 Å². The summed E-state index contributed by atoms with van der Waals surface area (Å²) in [6.45, 7) is 0.281. The smallest absolute Gasteiger partial charge is 0.231 e. The van der Waals surface area contributed by atoms with Crippen molar-refractivity contribution in [2.24, 2.45) is 5.73 Å². The topological polar surface area (TPSA) is 44.5 Å². The van der Waals surface area contributed by atoms with Gasteiger partial charge in [-0.05, 0) is 17.5 Å². The number of nitrogens with two attached hydrogens (primary N) is 1. The Morgan fingerprint density at radius 1 is 1.19 bits per heavy atom. The van der Waals surface area contributed by atoms with E-state index >= 15 is 0 Å². The Bertz CT molecular complexity index is 496. The molecular formula is C12H11NO2S. The number of para-hydroxylation sites is 1. The summed E-state index contributed by atoms with van der Waals surface area (Å²) < 4.78 is 10.8. The lowest BCUT2D eigenvalue weighted by molar-refractivity contribution is 0.173. The number of benzene rings is 1. The first-order valence-corrected chi connectivity index (χ1v) is 5.92. The first-order chi connectivity index (χ1) is 7.86. The van der Waals surface area contributed by atoms with Gasteiger partial charge in [0.05, 0.1) is 6.04 Å². The number of hydrogen-bond donors (Lipinski definition) is 1. The van der Waals surface area contributed by atoms with E-state index in [4.69, 9.17) is 15.2 Å². The van der Waals surface area contributed by atoms with E-state index in [9.17, 15) is 0 Å². The molecule has 2 N–H and O–H groups in total. The minimum Gasteiger partial charge on any atom is -0.454 e. The maximum absolute atomic E-state index is 6.21. The molecule has 0 amide bonds. The van der Waals surface area contributed by atoms with Gasteiger partial charge < -0.3 is 15.2 Å². The maximum Gasteiger partial charge on any atom is 0.231 e. The Kier molecular flexibility index (Phi) is 2.31. The molecule has 0 spiro atoms. The monoisotopic (exact) mass is 233 g/mol. The van der Waals surface area contributed by atoms with E-state index in [2.05, 4.69) is 0 Å². The third-order valence-corrected chi connectivity index (χ3v) is 3.57. The van der Waals surface area contributed by atoms with Crippen LogP contribution in [0.15, 0.2) is 35.7 Å². The van der Waals surface area contributed by atoms with Crippen LogP contribution in [-0.4, -0.2) is 6.79 Å². The Labute approximate surface area is 97.4 Å². The summed E-state index contributed by atoms with van der Waals surface area (Å²) in [5.41, 5.74) is 7.19. The Morgan fingerprint density at radius 3 is 2.94 bits per heavy atom. The number of hydrogen-bond acceptors (Lipinski definition) is 4. The van der Waals surface area contributed by atoms with Crippen molar-refractivity contribution in [2.45, 2.75) is 6.04 Å². The van der Waals surface area contributed by atoms with Crippen LogP contribution in [0.1, 0.15) is 16.5 Å². The highest BCUT2D eigenvalue weighted by molar-refractivity contribution is 7.10. The predicted molar refractivity (Wildman–Crippen MR) is 62.9 cm³/mol. The van der Waals surface area contributed by atoms with Crippen LogP contribution in [0.3, 0.4) is 0 Å². The quantitative estimate of drug-likeness (QED) is 0.866. The van der Waals surface area contributed by atoms with E-state index in [0.29, 0.717) is 0 Å². The second-order valence-corrected chi connectivity index (χ2v) is 4.55. The summed E-state index contributed by atoms with van der Waals surface area (Å²) in [5.74, 6) is 1.56. The number of thiophene rings is 1. The molecule has 3 rings (SSSR count). The van der Waals surface area contributed by atoms with Gasteiger partial charge in [0.25, 0.3) is 0 Å². The van der Waals surface area contributed by atoms with Crippen LogP contribution in [0.2, 0.25) is 0 Å². The van der Waals surface area contributed by atoms with E-state index in [1.165, 1.54) is 0 Å². The lowest BCUT2D eigenvalue weighted by Crippen LogP contribution is -2.11. The molecule has 1 aromatic heterocycles. The van der Waals surface area contributed by atoms with E-state index in [0.717, 1.165) is 21.9 Å². The standard InChI is InChI=1S/C12H11NO2S/c13-11(10-5-2-6-16-10)8-3-1-4-9-12(8)15-7-14-9/h1-6,11H,7,13H2/t11-/m1/s1. The van der Waals surface area contributed by atoms with Crippen molar-refractivity contribution in [1.29, 1.82) is 0 Å². The number of ether oxygens (including phenoxy) is 2. The lowest BCUT2D eigenvalue weighted by Gasteiger charge is -2.12. The molecule has 4 heteroatoms. The average molecular weight is 233 g/mol.